The molecule has 10 aromatic rings. The van der Waals surface area contributed by atoms with Crippen LogP contribution in [0, 0.1) is 0 Å². The van der Waals surface area contributed by atoms with E-state index >= 15 is 0 Å². The van der Waals surface area contributed by atoms with Gasteiger partial charge in [0.05, 0.1) is 0 Å². The summed E-state index contributed by atoms with van der Waals surface area (Å²) in [5.41, 5.74) is 9.12. The maximum absolute atomic E-state index is 6.10. The van der Waals surface area contributed by atoms with E-state index in [0.29, 0.717) is 17.5 Å². The molecule has 0 radical (unpaired) electrons. The van der Waals surface area contributed by atoms with Crippen LogP contribution in [0.25, 0.3) is 99.9 Å². The number of hydrogen-bond acceptors (Lipinski definition) is 4. The summed E-state index contributed by atoms with van der Waals surface area (Å²) in [5.74, 6) is 1.89. The van der Waals surface area contributed by atoms with Crippen molar-refractivity contribution in [2.75, 3.05) is 0 Å². The molecule has 51 heavy (non-hydrogen) atoms. The van der Waals surface area contributed by atoms with Gasteiger partial charge < -0.3 is 4.42 Å². The smallest absolute Gasteiger partial charge is 0.164 e. The van der Waals surface area contributed by atoms with E-state index in [2.05, 4.69) is 127 Å². The summed E-state index contributed by atoms with van der Waals surface area (Å²) in [6.45, 7) is 0. The van der Waals surface area contributed by atoms with Gasteiger partial charge in [0.25, 0.3) is 0 Å². The predicted molar refractivity (Wildman–Crippen MR) is 209 cm³/mol. The minimum atomic E-state index is 0.623. The van der Waals surface area contributed by atoms with Crippen LogP contribution >= 0.6 is 0 Å². The summed E-state index contributed by atoms with van der Waals surface area (Å²) in [4.78, 5) is 15.3. The molecule has 0 saturated heterocycles. The van der Waals surface area contributed by atoms with Crippen LogP contribution in [-0.4, -0.2) is 15.0 Å². The Bertz CT molecular complexity index is 2930. The standard InChI is InChI=1S/C47H29N3O/c1-2-12-31(13-3-1)45-48-46(36-16-10-15-33(28-36)34-23-26-44-42(29-34)40-19-8-9-20-43(40)51-44)50-47(49-45)41-25-24-37(38-17-6-7-18-39(38)41)35-22-21-30-11-4-5-14-32(30)27-35/h1-29H. The quantitative estimate of drug-likeness (QED) is 0.186. The molecule has 0 aliphatic carbocycles. The summed E-state index contributed by atoms with van der Waals surface area (Å²) in [5, 5.41) is 6.90. The lowest BCUT2D eigenvalue weighted by Crippen LogP contribution is -2.01. The van der Waals surface area contributed by atoms with Gasteiger partial charge in [0.1, 0.15) is 11.2 Å². The molecule has 0 saturated carbocycles. The van der Waals surface area contributed by atoms with Crippen molar-refractivity contribution in [1.82, 2.24) is 15.0 Å². The molecule has 0 atom stereocenters. The van der Waals surface area contributed by atoms with Crippen molar-refractivity contribution in [2.24, 2.45) is 0 Å². The third-order valence-corrected chi connectivity index (χ3v) is 9.72. The highest BCUT2D eigenvalue weighted by atomic mass is 16.3. The average molecular weight is 652 g/mol. The van der Waals surface area contributed by atoms with Crippen LogP contribution in [-0.2, 0) is 0 Å². The Kier molecular flexibility index (Phi) is 6.78. The minimum Gasteiger partial charge on any atom is -0.456 e. The number of furan rings is 1. The van der Waals surface area contributed by atoms with E-state index in [-0.39, 0.29) is 0 Å². The normalized spacial score (nSPS) is 11.5. The van der Waals surface area contributed by atoms with Crippen molar-refractivity contribution in [1.29, 1.82) is 0 Å². The van der Waals surface area contributed by atoms with Gasteiger partial charge >= 0.3 is 0 Å². The summed E-state index contributed by atoms with van der Waals surface area (Å²) in [7, 11) is 0. The van der Waals surface area contributed by atoms with E-state index in [4.69, 9.17) is 19.4 Å². The van der Waals surface area contributed by atoms with Crippen LogP contribution < -0.4 is 0 Å². The molecule has 0 N–H and O–H groups in total. The third-order valence-electron chi connectivity index (χ3n) is 9.72. The fourth-order valence-corrected chi connectivity index (χ4v) is 7.19. The number of fused-ring (bicyclic) bond motifs is 5. The van der Waals surface area contributed by atoms with Crippen LogP contribution in [0.1, 0.15) is 0 Å². The van der Waals surface area contributed by atoms with Gasteiger partial charge in [0.2, 0.25) is 0 Å². The number of para-hydroxylation sites is 1. The molecular formula is C47H29N3O. The zero-order valence-corrected chi connectivity index (χ0v) is 27.5. The molecule has 0 fully saturated rings. The van der Waals surface area contributed by atoms with Crippen molar-refractivity contribution < 1.29 is 4.42 Å². The number of aromatic nitrogens is 3. The first-order valence-electron chi connectivity index (χ1n) is 17.1. The van der Waals surface area contributed by atoms with Crippen molar-refractivity contribution in [3.05, 3.63) is 176 Å². The monoisotopic (exact) mass is 651 g/mol. The molecule has 0 aliphatic rings. The third kappa shape index (κ3) is 5.13. The summed E-state index contributed by atoms with van der Waals surface area (Å²) in [6.07, 6.45) is 0. The van der Waals surface area contributed by atoms with E-state index in [1.54, 1.807) is 0 Å². The Morgan fingerprint density at radius 2 is 0.882 bits per heavy atom. The van der Waals surface area contributed by atoms with Gasteiger partial charge in [-0.3, -0.25) is 0 Å². The highest BCUT2D eigenvalue weighted by Gasteiger charge is 2.17. The van der Waals surface area contributed by atoms with Crippen molar-refractivity contribution in [3.63, 3.8) is 0 Å². The first-order chi connectivity index (χ1) is 25.2. The highest BCUT2D eigenvalue weighted by molar-refractivity contribution is 6.07. The van der Waals surface area contributed by atoms with Crippen LogP contribution in [0.4, 0.5) is 0 Å². The van der Waals surface area contributed by atoms with Gasteiger partial charge in [0, 0.05) is 27.5 Å². The van der Waals surface area contributed by atoms with Gasteiger partial charge in [-0.15, -0.1) is 0 Å². The second kappa shape index (κ2) is 11.9. The van der Waals surface area contributed by atoms with Gasteiger partial charge in [-0.1, -0.05) is 140 Å². The Labute approximate surface area is 294 Å². The van der Waals surface area contributed by atoms with Crippen molar-refractivity contribution in [3.8, 4) is 56.4 Å². The maximum atomic E-state index is 6.10. The zero-order chi connectivity index (χ0) is 33.7. The molecule has 0 spiro atoms. The molecule has 238 valence electrons. The first-order valence-corrected chi connectivity index (χ1v) is 17.1. The Morgan fingerprint density at radius 1 is 0.294 bits per heavy atom. The van der Waals surface area contributed by atoms with E-state index in [1.165, 1.54) is 21.9 Å². The van der Waals surface area contributed by atoms with Gasteiger partial charge in [0.15, 0.2) is 17.5 Å². The molecule has 0 unspecified atom stereocenters. The number of rotatable bonds is 5. The summed E-state index contributed by atoms with van der Waals surface area (Å²) >= 11 is 0. The molecule has 8 aromatic carbocycles. The lowest BCUT2D eigenvalue weighted by Gasteiger charge is -2.14. The minimum absolute atomic E-state index is 0.623. The molecule has 2 heterocycles. The molecule has 0 aliphatic heterocycles. The molecule has 2 aromatic heterocycles. The number of benzene rings is 8. The second-order valence-corrected chi connectivity index (χ2v) is 12.8. The van der Waals surface area contributed by atoms with Gasteiger partial charge in [-0.25, -0.2) is 15.0 Å². The fraction of sp³-hybridized carbons (Fsp3) is 0. The molecule has 4 nitrogen and oxygen atoms in total. The summed E-state index contributed by atoms with van der Waals surface area (Å²) in [6, 6.07) is 61.2. The lowest BCUT2D eigenvalue weighted by atomic mass is 9.93. The lowest BCUT2D eigenvalue weighted by molar-refractivity contribution is 0.669. The Hall–Kier alpha value is -6.91. The van der Waals surface area contributed by atoms with E-state index < -0.39 is 0 Å². The van der Waals surface area contributed by atoms with Crippen LogP contribution in [0.15, 0.2) is 180 Å². The van der Waals surface area contributed by atoms with Crippen LogP contribution in [0.3, 0.4) is 0 Å². The van der Waals surface area contributed by atoms with E-state index in [1.807, 2.05) is 48.5 Å². The maximum Gasteiger partial charge on any atom is 0.164 e. The van der Waals surface area contributed by atoms with E-state index in [9.17, 15) is 0 Å². The topological polar surface area (TPSA) is 51.8 Å². The Balaban J connectivity index is 1.12. The van der Waals surface area contributed by atoms with Crippen molar-refractivity contribution >= 4 is 43.5 Å². The SMILES string of the molecule is c1ccc(-c2nc(-c3cccc(-c4ccc5oc6ccccc6c5c4)c3)nc(-c3ccc(-c4ccc5ccccc5c4)c4ccccc34)n2)cc1. The van der Waals surface area contributed by atoms with Crippen LogP contribution in [0.5, 0.6) is 0 Å². The molecule has 0 bridgehead atoms. The van der Waals surface area contributed by atoms with Gasteiger partial charge in [-0.05, 0) is 80.2 Å². The Morgan fingerprint density at radius 3 is 1.75 bits per heavy atom. The number of nitrogens with zero attached hydrogens (tertiary/aromatic N) is 3. The van der Waals surface area contributed by atoms with E-state index in [0.717, 1.165) is 60.5 Å². The largest absolute Gasteiger partial charge is 0.456 e. The highest BCUT2D eigenvalue weighted by Crippen LogP contribution is 2.38. The fourth-order valence-electron chi connectivity index (χ4n) is 7.19. The molecular weight excluding hydrogens is 623 g/mol. The molecule has 10 rings (SSSR count). The van der Waals surface area contributed by atoms with Crippen LogP contribution in [0.2, 0.25) is 0 Å². The summed E-state index contributed by atoms with van der Waals surface area (Å²) < 4.78 is 6.10. The average Bonchev–Trinajstić information content (AvgIpc) is 3.58. The molecule has 4 heteroatoms. The van der Waals surface area contributed by atoms with Gasteiger partial charge in [-0.2, -0.15) is 0 Å². The molecule has 0 amide bonds. The zero-order valence-electron chi connectivity index (χ0n) is 27.5. The predicted octanol–water partition coefficient (Wildman–Crippen LogP) is 12.4. The second-order valence-electron chi connectivity index (χ2n) is 12.8. The van der Waals surface area contributed by atoms with Crippen molar-refractivity contribution in [2.45, 2.75) is 0 Å². The number of hydrogen-bond donors (Lipinski definition) is 0. The first kappa shape index (κ1) is 29.0.